The molecule has 0 aliphatic rings. The number of carboxylic acids is 1. The molecule has 5 nitrogen and oxygen atoms in total. The number of hydrogen-bond acceptors (Lipinski definition) is 2. The normalized spacial score (nSPS) is 13.0. The van der Waals surface area contributed by atoms with E-state index in [1.807, 2.05) is 20.8 Å². The van der Waals surface area contributed by atoms with E-state index in [-0.39, 0.29) is 11.6 Å². The molecule has 0 saturated carbocycles. The maximum absolute atomic E-state index is 11.9. The number of hydrogen-bond donors (Lipinski definition) is 2. The molecule has 2 N–H and O–H groups in total. The van der Waals surface area contributed by atoms with E-state index in [1.54, 1.807) is 0 Å². The third-order valence-electron chi connectivity index (χ3n) is 3.66. The monoisotopic (exact) mass is 244 g/mol. The van der Waals surface area contributed by atoms with Gasteiger partial charge in [-0.25, -0.2) is 9.59 Å². The first kappa shape index (κ1) is 15.7. The zero-order valence-corrected chi connectivity index (χ0v) is 11.4. The molecule has 0 aromatic carbocycles. The minimum absolute atomic E-state index is 0.233. The van der Waals surface area contributed by atoms with Gasteiger partial charge in [-0.05, 0) is 26.2 Å². The zero-order valence-electron chi connectivity index (χ0n) is 11.4. The van der Waals surface area contributed by atoms with Gasteiger partial charge in [-0.3, -0.25) is 0 Å². The molecule has 0 heterocycles. The van der Waals surface area contributed by atoms with Crippen LogP contribution >= 0.6 is 0 Å². The number of nitrogens with one attached hydrogen (secondary N) is 1. The van der Waals surface area contributed by atoms with Crippen LogP contribution in [0.3, 0.4) is 0 Å². The maximum Gasteiger partial charge on any atom is 0.326 e. The SMILES string of the molecule is CCC(CC)(CC)NC(=O)N(C)C(C)C(=O)O. The standard InChI is InChI=1S/C12H24N2O3/c1-6-12(7-2,8-3)13-11(17)14(5)9(4)10(15)16/h9H,6-8H2,1-5H3,(H,13,17)(H,15,16). The van der Waals surface area contributed by atoms with Gasteiger partial charge in [-0.15, -0.1) is 0 Å². The van der Waals surface area contributed by atoms with Crippen molar-refractivity contribution in [2.75, 3.05) is 7.05 Å². The lowest BCUT2D eigenvalue weighted by atomic mass is 9.90. The molecular formula is C12H24N2O3. The second-order valence-electron chi connectivity index (χ2n) is 4.40. The molecule has 0 aliphatic carbocycles. The molecule has 0 radical (unpaired) electrons. The van der Waals surface area contributed by atoms with Crippen molar-refractivity contribution in [3.63, 3.8) is 0 Å². The Morgan fingerprint density at radius 2 is 1.65 bits per heavy atom. The van der Waals surface area contributed by atoms with Gasteiger partial charge in [-0.1, -0.05) is 20.8 Å². The highest BCUT2D eigenvalue weighted by Gasteiger charge is 2.29. The topological polar surface area (TPSA) is 69.6 Å². The first-order valence-corrected chi connectivity index (χ1v) is 6.11. The van der Waals surface area contributed by atoms with Crippen LogP contribution in [0.5, 0.6) is 0 Å². The number of rotatable bonds is 6. The van der Waals surface area contributed by atoms with Gasteiger partial charge in [0.15, 0.2) is 0 Å². The number of likely N-dealkylation sites (N-methyl/N-ethyl adjacent to an activating group) is 1. The van der Waals surface area contributed by atoms with E-state index in [1.165, 1.54) is 18.9 Å². The molecule has 5 heteroatoms. The van der Waals surface area contributed by atoms with Crippen molar-refractivity contribution in [3.8, 4) is 0 Å². The Kier molecular flexibility index (Phi) is 5.99. The number of nitrogens with zero attached hydrogens (tertiary/aromatic N) is 1. The second kappa shape index (κ2) is 6.47. The van der Waals surface area contributed by atoms with Crippen LogP contribution in [-0.4, -0.2) is 40.6 Å². The molecule has 0 aromatic heterocycles. The number of carboxylic acid groups (broad SMARTS) is 1. The largest absolute Gasteiger partial charge is 0.480 e. The summed E-state index contributed by atoms with van der Waals surface area (Å²) in [5, 5.41) is 11.8. The number of amides is 2. The quantitative estimate of drug-likeness (QED) is 0.751. The van der Waals surface area contributed by atoms with Gasteiger partial charge in [-0.2, -0.15) is 0 Å². The van der Waals surface area contributed by atoms with Gasteiger partial charge in [0, 0.05) is 12.6 Å². The Hall–Kier alpha value is -1.26. The van der Waals surface area contributed by atoms with Gasteiger partial charge in [0.05, 0.1) is 0 Å². The van der Waals surface area contributed by atoms with Crippen molar-refractivity contribution in [1.29, 1.82) is 0 Å². The number of carbonyl (C=O) groups excluding carboxylic acids is 1. The van der Waals surface area contributed by atoms with Crippen LogP contribution < -0.4 is 5.32 Å². The second-order valence-corrected chi connectivity index (χ2v) is 4.40. The number of aliphatic carboxylic acids is 1. The van der Waals surface area contributed by atoms with Crippen molar-refractivity contribution < 1.29 is 14.7 Å². The summed E-state index contributed by atoms with van der Waals surface area (Å²) in [6.45, 7) is 7.56. The van der Waals surface area contributed by atoms with Crippen molar-refractivity contribution in [2.24, 2.45) is 0 Å². The Bertz CT molecular complexity index is 267. The van der Waals surface area contributed by atoms with Crippen molar-refractivity contribution in [2.45, 2.75) is 58.5 Å². The Labute approximate surface area is 103 Å². The summed E-state index contributed by atoms with van der Waals surface area (Å²) in [7, 11) is 1.50. The third kappa shape index (κ3) is 3.91. The summed E-state index contributed by atoms with van der Waals surface area (Å²) in [6.07, 6.45) is 2.50. The molecule has 1 atom stereocenters. The minimum Gasteiger partial charge on any atom is -0.480 e. The fourth-order valence-electron chi connectivity index (χ4n) is 1.67. The molecule has 2 amide bonds. The van der Waals surface area contributed by atoms with Crippen LogP contribution in [-0.2, 0) is 4.79 Å². The van der Waals surface area contributed by atoms with E-state index in [0.717, 1.165) is 19.3 Å². The lowest BCUT2D eigenvalue weighted by Gasteiger charge is -2.34. The predicted octanol–water partition coefficient (Wildman–Crippen LogP) is 2.07. The summed E-state index contributed by atoms with van der Waals surface area (Å²) < 4.78 is 0. The Balaban J connectivity index is 4.67. The fourth-order valence-corrected chi connectivity index (χ4v) is 1.67. The van der Waals surface area contributed by atoms with Gasteiger partial charge in [0.25, 0.3) is 0 Å². The Morgan fingerprint density at radius 3 is 1.94 bits per heavy atom. The van der Waals surface area contributed by atoms with E-state index in [9.17, 15) is 9.59 Å². The molecule has 17 heavy (non-hydrogen) atoms. The average molecular weight is 244 g/mol. The third-order valence-corrected chi connectivity index (χ3v) is 3.66. The molecule has 0 aromatic rings. The lowest BCUT2D eigenvalue weighted by molar-refractivity contribution is -0.141. The van der Waals surface area contributed by atoms with Gasteiger partial charge < -0.3 is 15.3 Å². The summed E-state index contributed by atoms with van der Waals surface area (Å²) in [5.74, 6) is -1.00. The number of urea groups is 1. The van der Waals surface area contributed by atoms with Crippen LogP contribution in [0.1, 0.15) is 47.0 Å². The summed E-state index contributed by atoms with van der Waals surface area (Å²) >= 11 is 0. The minimum atomic E-state index is -1.00. The van der Waals surface area contributed by atoms with Gasteiger partial charge in [0.2, 0.25) is 0 Å². The van der Waals surface area contributed by atoms with Crippen molar-refractivity contribution in [1.82, 2.24) is 10.2 Å². The molecule has 0 bridgehead atoms. The summed E-state index contributed by atoms with van der Waals surface area (Å²) in [5.41, 5.74) is -0.233. The molecule has 1 unspecified atom stereocenters. The highest BCUT2D eigenvalue weighted by atomic mass is 16.4. The van der Waals surface area contributed by atoms with E-state index >= 15 is 0 Å². The summed E-state index contributed by atoms with van der Waals surface area (Å²) in [6, 6.07) is -1.15. The zero-order chi connectivity index (χ0) is 13.6. The molecule has 100 valence electrons. The first-order chi connectivity index (χ1) is 7.83. The van der Waals surface area contributed by atoms with Gasteiger partial charge in [0.1, 0.15) is 6.04 Å². The molecule has 0 saturated heterocycles. The van der Waals surface area contributed by atoms with Crippen molar-refractivity contribution >= 4 is 12.0 Å². The van der Waals surface area contributed by atoms with E-state index in [2.05, 4.69) is 5.32 Å². The molecule has 0 spiro atoms. The van der Waals surface area contributed by atoms with Crippen LogP contribution in [0, 0.1) is 0 Å². The first-order valence-electron chi connectivity index (χ1n) is 6.11. The van der Waals surface area contributed by atoms with Crippen LogP contribution in [0.2, 0.25) is 0 Å². The Morgan fingerprint density at radius 1 is 1.24 bits per heavy atom. The fraction of sp³-hybridized carbons (Fsp3) is 0.833. The molecular weight excluding hydrogens is 220 g/mol. The van der Waals surface area contributed by atoms with E-state index < -0.39 is 12.0 Å². The number of carbonyl (C=O) groups is 2. The van der Waals surface area contributed by atoms with E-state index in [4.69, 9.17) is 5.11 Å². The smallest absolute Gasteiger partial charge is 0.326 e. The summed E-state index contributed by atoms with van der Waals surface area (Å²) in [4.78, 5) is 24.0. The maximum atomic E-state index is 11.9. The van der Waals surface area contributed by atoms with Crippen LogP contribution in [0.25, 0.3) is 0 Å². The molecule has 0 rings (SSSR count). The van der Waals surface area contributed by atoms with Crippen LogP contribution in [0.4, 0.5) is 4.79 Å². The lowest BCUT2D eigenvalue weighted by Crippen LogP contribution is -2.54. The molecule has 0 aliphatic heterocycles. The predicted molar refractivity (Wildman–Crippen MR) is 67.0 cm³/mol. The van der Waals surface area contributed by atoms with E-state index in [0.29, 0.717) is 0 Å². The highest BCUT2D eigenvalue weighted by molar-refractivity contribution is 5.82. The van der Waals surface area contributed by atoms with Crippen molar-refractivity contribution in [3.05, 3.63) is 0 Å². The average Bonchev–Trinajstić information content (AvgIpc) is 2.33. The molecule has 0 fully saturated rings. The highest BCUT2D eigenvalue weighted by Crippen LogP contribution is 2.19. The van der Waals surface area contributed by atoms with Crippen LogP contribution in [0.15, 0.2) is 0 Å². The van der Waals surface area contributed by atoms with Gasteiger partial charge >= 0.3 is 12.0 Å².